The van der Waals surface area contributed by atoms with E-state index in [4.69, 9.17) is 4.74 Å². The summed E-state index contributed by atoms with van der Waals surface area (Å²) in [5.74, 6) is -0.225. The SMILES string of the molecule is O=C(NC1COCCC1N1CCCCC1)c1ccc(C(F)(F)F)cc1C1CC1. The number of nitrogens with one attached hydrogen (secondary N) is 1. The Hall–Kier alpha value is -1.60. The van der Waals surface area contributed by atoms with Gasteiger partial charge in [-0.25, -0.2) is 0 Å². The molecule has 2 heterocycles. The van der Waals surface area contributed by atoms with E-state index in [0.29, 0.717) is 24.3 Å². The summed E-state index contributed by atoms with van der Waals surface area (Å²) in [6.45, 7) is 3.20. The number of nitrogens with zero attached hydrogens (tertiary/aromatic N) is 1. The van der Waals surface area contributed by atoms with Gasteiger partial charge in [0.25, 0.3) is 5.91 Å². The second-order valence-corrected chi connectivity index (χ2v) is 8.18. The second-order valence-electron chi connectivity index (χ2n) is 8.18. The number of piperidine rings is 1. The molecule has 0 spiro atoms. The van der Waals surface area contributed by atoms with Gasteiger partial charge in [-0.1, -0.05) is 6.42 Å². The molecule has 154 valence electrons. The molecule has 7 heteroatoms. The van der Waals surface area contributed by atoms with E-state index in [2.05, 4.69) is 10.2 Å². The van der Waals surface area contributed by atoms with Crippen molar-refractivity contribution < 1.29 is 22.7 Å². The minimum Gasteiger partial charge on any atom is -0.379 e. The molecule has 3 aliphatic rings. The zero-order valence-electron chi connectivity index (χ0n) is 15.9. The van der Waals surface area contributed by atoms with Gasteiger partial charge in [0.05, 0.1) is 18.2 Å². The second kappa shape index (κ2) is 8.03. The number of benzene rings is 1. The molecule has 1 aromatic rings. The maximum atomic E-state index is 13.1. The van der Waals surface area contributed by atoms with Crippen LogP contribution in [-0.4, -0.2) is 49.2 Å². The molecule has 28 heavy (non-hydrogen) atoms. The summed E-state index contributed by atoms with van der Waals surface area (Å²) >= 11 is 0. The number of halogens is 3. The molecule has 0 aromatic heterocycles. The number of ether oxygens (including phenoxy) is 1. The van der Waals surface area contributed by atoms with Gasteiger partial charge in [-0.15, -0.1) is 0 Å². The lowest BCUT2D eigenvalue weighted by Crippen LogP contribution is -2.57. The van der Waals surface area contributed by atoms with Crippen LogP contribution in [0.1, 0.15) is 65.9 Å². The fraction of sp³-hybridized carbons (Fsp3) is 0.667. The van der Waals surface area contributed by atoms with Gasteiger partial charge in [0, 0.05) is 18.2 Å². The Morgan fingerprint density at radius 2 is 1.86 bits per heavy atom. The molecule has 1 aromatic carbocycles. The third-order valence-corrected chi connectivity index (χ3v) is 6.14. The number of hydrogen-bond donors (Lipinski definition) is 1. The highest BCUT2D eigenvalue weighted by Gasteiger charge is 2.37. The zero-order valence-corrected chi connectivity index (χ0v) is 15.9. The number of likely N-dealkylation sites (tertiary alicyclic amines) is 1. The normalized spacial score (nSPS) is 26.8. The predicted molar refractivity (Wildman–Crippen MR) is 99.3 cm³/mol. The predicted octanol–water partition coefficient (Wildman–Crippen LogP) is 3.96. The number of hydrogen-bond acceptors (Lipinski definition) is 3. The summed E-state index contributed by atoms with van der Waals surface area (Å²) in [6.07, 6.45) is 1.73. The Kier molecular flexibility index (Phi) is 5.65. The van der Waals surface area contributed by atoms with Crippen LogP contribution in [-0.2, 0) is 10.9 Å². The molecule has 2 saturated heterocycles. The van der Waals surface area contributed by atoms with E-state index in [1.807, 2.05) is 0 Å². The summed E-state index contributed by atoms with van der Waals surface area (Å²) in [4.78, 5) is 15.4. The molecular formula is C21H27F3N2O2. The Balaban J connectivity index is 1.52. The largest absolute Gasteiger partial charge is 0.416 e. The monoisotopic (exact) mass is 396 g/mol. The molecule has 0 bridgehead atoms. The van der Waals surface area contributed by atoms with E-state index in [1.165, 1.54) is 25.3 Å². The summed E-state index contributed by atoms with van der Waals surface area (Å²) in [5.41, 5.74) is 0.218. The first-order valence-electron chi connectivity index (χ1n) is 10.3. The van der Waals surface area contributed by atoms with E-state index in [-0.39, 0.29) is 23.9 Å². The van der Waals surface area contributed by atoms with Crippen molar-refractivity contribution in [2.45, 2.75) is 62.7 Å². The third-order valence-electron chi connectivity index (χ3n) is 6.14. The van der Waals surface area contributed by atoms with Gasteiger partial charge in [-0.2, -0.15) is 13.2 Å². The van der Waals surface area contributed by atoms with Crippen molar-refractivity contribution in [2.75, 3.05) is 26.3 Å². The van der Waals surface area contributed by atoms with Gasteiger partial charge in [0.2, 0.25) is 0 Å². The molecule has 1 saturated carbocycles. The van der Waals surface area contributed by atoms with E-state index in [1.54, 1.807) is 0 Å². The fourth-order valence-corrected chi connectivity index (χ4v) is 4.48. The molecule has 4 rings (SSSR count). The van der Waals surface area contributed by atoms with Crippen LogP contribution >= 0.6 is 0 Å². The highest BCUT2D eigenvalue weighted by atomic mass is 19.4. The average Bonchev–Trinajstić information content (AvgIpc) is 3.53. The van der Waals surface area contributed by atoms with Crippen LogP contribution in [0.5, 0.6) is 0 Å². The summed E-state index contributed by atoms with van der Waals surface area (Å²) in [7, 11) is 0. The van der Waals surface area contributed by atoms with Crippen LogP contribution < -0.4 is 5.32 Å². The van der Waals surface area contributed by atoms with Crippen molar-refractivity contribution in [1.29, 1.82) is 0 Å². The smallest absolute Gasteiger partial charge is 0.379 e. The van der Waals surface area contributed by atoms with Gasteiger partial charge in [0.1, 0.15) is 0 Å². The highest BCUT2D eigenvalue weighted by Crippen LogP contribution is 2.43. The van der Waals surface area contributed by atoms with E-state index >= 15 is 0 Å². The molecule has 1 amide bonds. The molecule has 1 aliphatic carbocycles. The molecule has 4 nitrogen and oxygen atoms in total. The zero-order chi connectivity index (χ0) is 19.7. The molecule has 1 N–H and O–H groups in total. The minimum atomic E-state index is -4.39. The van der Waals surface area contributed by atoms with Gasteiger partial charge < -0.3 is 10.1 Å². The van der Waals surface area contributed by atoms with Crippen molar-refractivity contribution in [1.82, 2.24) is 10.2 Å². The molecule has 2 aliphatic heterocycles. The summed E-state index contributed by atoms with van der Waals surface area (Å²) in [6, 6.07) is 3.61. The number of rotatable bonds is 4. The van der Waals surface area contributed by atoms with Gasteiger partial charge in [0.15, 0.2) is 0 Å². The highest BCUT2D eigenvalue weighted by molar-refractivity contribution is 5.96. The van der Waals surface area contributed by atoms with E-state index < -0.39 is 11.7 Å². The minimum absolute atomic E-state index is 0.0588. The van der Waals surface area contributed by atoms with Gasteiger partial charge in [-0.3, -0.25) is 9.69 Å². The number of amides is 1. The third kappa shape index (κ3) is 4.35. The first kappa shape index (κ1) is 19.7. The lowest BCUT2D eigenvalue weighted by atomic mass is 9.96. The Bertz CT molecular complexity index is 712. The van der Waals surface area contributed by atoms with Crippen molar-refractivity contribution in [3.8, 4) is 0 Å². The first-order chi connectivity index (χ1) is 13.4. The van der Waals surface area contributed by atoms with E-state index in [0.717, 1.165) is 44.5 Å². The maximum Gasteiger partial charge on any atom is 0.416 e. The maximum absolute atomic E-state index is 13.1. The average molecular weight is 396 g/mol. The lowest BCUT2D eigenvalue weighted by Gasteiger charge is -2.41. The first-order valence-corrected chi connectivity index (χ1v) is 10.3. The molecule has 2 unspecified atom stereocenters. The van der Waals surface area contributed by atoms with Crippen LogP contribution in [0.2, 0.25) is 0 Å². The standard InChI is InChI=1S/C21H27F3N2O2/c22-21(23,24)15-6-7-16(17(12-15)14-4-5-14)20(27)25-18-13-28-11-8-19(18)26-9-2-1-3-10-26/h6-7,12,14,18-19H,1-5,8-11,13H2,(H,25,27). The lowest BCUT2D eigenvalue weighted by molar-refractivity contribution is -0.137. The van der Waals surface area contributed by atoms with Crippen molar-refractivity contribution in [3.63, 3.8) is 0 Å². The van der Waals surface area contributed by atoms with Gasteiger partial charge in [-0.05, 0) is 74.9 Å². The number of alkyl halides is 3. The Morgan fingerprint density at radius 3 is 2.54 bits per heavy atom. The topological polar surface area (TPSA) is 41.6 Å². The van der Waals surface area contributed by atoms with Crippen LogP contribution in [0.4, 0.5) is 13.2 Å². The van der Waals surface area contributed by atoms with Crippen molar-refractivity contribution >= 4 is 5.91 Å². The van der Waals surface area contributed by atoms with Crippen LogP contribution in [0, 0.1) is 0 Å². The Morgan fingerprint density at radius 1 is 1.11 bits per heavy atom. The van der Waals surface area contributed by atoms with Crippen molar-refractivity contribution in [2.24, 2.45) is 0 Å². The molecular weight excluding hydrogens is 369 g/mol. The van der Waals surface area contributed by atoms with E-state index in [9.17, 15) is 18.0 Å². The van der Waals surface area contributed by atoms with Gasteiger partial charge >= 0.3 is 6.18 Å². The van der Waals surface area contributed by atoms with Crippen LogP contribution in [0.15, 0.2) is 18.2 Å². The summed E-state index contributed by atoms with van der Waals surface area (Å²) in [5, 5.41) is 3.08. The number of carbonyl (C=O) groups excluding carboxylic acids is 1. The molecule has 3 fully saturated rings. The number of carbonyl (C=O) groups is 1. The van der Waals surface area contributed by atoms with Crippen molar-refractivity contribution in [3.05, 3.63) is 34.9 Å². The fourth-order valence-electron chi connectivity index (χ4n) is 4.48. The van der Waals surface area contributed by atoms with Crippen LogP contribution in [0.3, 0.4) is 0 Å². The summed E-state index contributed by atoms with van der Waals surface area (Å²) < 4.78 is 44.9. The molecule has 0 radical (unpaired) electrons. The molecule has 2 atom stereocenters. The van der Waals surface area contributed by atoms with Crippen LogP contribution in [0.25, 0.3) is 0 Å². The Labute approximate surface area is 163 Å². The quantitative estimate of drug-likeness (QED) is 0.838.